The molecule has 7 atom stereocenters. The van der Waals surface area contributed by atoms with Crippen LogP contribution in [0.15, 0.2) is 11.1 Å². The van der Waals surface area contributed by atoms with E-state index in [1.807, 2.05) is 11.1 Å². The number of hydrogen-bond donors (Lipinski definition) is 0. The van der Waals surface area contributed by atoms with E-state index in [1.165, 1.54) is 77.0 Å². The van der Waals surface area contributed by atoms with Crippen molar-refractivity contribution in [3.8, 4) is 0 Å². The third-order valence-corrected chi connectivity index (χ3v) is 10.5. The molecule has 4 aliphatic carbocycles. The summed E-state index contributed by atoms with van der Waals surface area (Å²) >= 11 is 0. The summed E-state index contributed by atoms with van der Waals surface area (Å²) < 4.78 is 0. The van der Waals surface area contributed by atoms with E-state index in [0.29, 0.717) is 10.8 Å². The molecule has 0 aromatic heterocycles. The van der Waals surface area contributed by atoms with Crippen molar-refractivity contribution in [1.29, 1.82) is 0 Å². The first-order valence-corrected chi connectivity index (χ1v) is 13.0. The van der Waals surface area contributed by atoms with Crippen LogP contribution in [0.25, 0.3) is 0 Å². The van der Waals surface area contributed by atoms with Crippen molar-refractivity contribution in [3.63, 3.8) is 0 Å². The van der Waals surface area contributed by atoms with Crippen molar-refractivity contribution in [1.82, 2.24) is 0 Å². The lowest BCUT2D eigenvalue weighted by Gasteiger charge is -2.57. The monoisotopic (exact) mass is 384 g/mol. The highest BCUT2D eigenvalue weighted by molar-refractivity contribution is 5.34. The van der Waals surface area contributed by atoms with Crippen molar-refractivity contribution in [3.05, 3.63) is 11.1 Å². The van der Waals surface area contributed by atoms with Crippen LogP contribution in [0.4, 0.5) is 0 Å². The Morgan fingerprint density at radius 3 is 2.46 bits per heavy atom. The molecule has 160 valence electrons. The molecular weight excluding hydrogens is 336 g/mol. The second kappa shape index (κ2) is 7.77. The Bertz CT molecular complexity index is 597. The summed E-state index contributed by atoms with van der Waals surface area (Å²) in [5.41, 5.74) is 5.16. The molecule has 4 aliphatic rings. The van der Waals surface area contributed by atoms with Gasteiger partial charge in [0, 0.05) is 0 Å². The summed E-state index contributed by atoms with van der Waals surface area (Å²) in [5, 5.41) is 0. The van der Waals surface area contributed by atoms with Gasteiger partial charge in [0.25, 0.3) is 0 Å². The second-order valence-electron chi connectivity index (χ2n) is 12.5. The summed E-state index contributed by atoms with van der Waals surface area (Å²) in [6.07, 6.45) is 17.7. The standard InChI is InChI=1S/C28H48/c1-19(2)9-7-10-20(3)24-14-15-25-22-12-13-23-21(4)11-8-17-27(23,5)26(22)16-18-28(24,25)6/h19-21,23-24,26H,7-18H2,1-6H3/t20-,21-,23?,24-,26+,27+,28-/m1/s1. The van der Waals surface area contributed by atoms with Crippen LogP contribution in [0.5, 0.6) is 0 Å². The second-order valence-corrected chi connectivity index (χ2v) is 12.5. The van der Waals surface area contributed by atoms with E-state index in [0.717, 1.165) is 35.5 Å². The van der Waals surface area contributed by atoms with Crippen LogP contribution in [0.3, 0.4) is 0 Å². The van der Waals surface area contributed by atoms with Crippen LogP contribution in [-0.2, 0) is 0 Å². The Morgan fingerprint density at radius 1 is 0.929 bits per heavy atom. The summed E-state index contributed by atoms with van der Waals surface area (Å²) in [7, 11) is 0. The molecule has 0 saturated heterocycles. The lowest BCUT2D eigenvalue weighted by molar-refractivity contribution is -0.0201. The van der Waals surface area contributed by atoms with Crippen LogP contribution in [0.2, 0.25) is 0 Å². The van der Waals surface area contributed by atoms with E-state index >= 15 is 0 Å². The average Bonchev–Trinajstić information content (AvgIpc) is 2.98. The largest absolute Gasteiger partial charge is 0.0668 e. The van der Waals surface area contributed by atoms with Gasteiger partial charge in [0.15, 0.2) is 0 Å². The van der Waals surface area contributed by atoms with Gasteiger partial charge in [0.2, 0.25) is 0 Å². The molecule has 0 radical (unpaired) electrons. The van der Waals surface area contributed by atoms with E-state index in [1.54, 1.807) is 0 Å². The van der Waals surface area contributed by atoms with Crippen LogP contribution < -0.4 is 0 Å². The molecule has 28 heavy (non-hydrogen) atoms. The predicted octanol–water partition coefficient (Wildman–Crippen LogP) is 8.81. The van der Waals surface area contributed by atoms with Gasteiger partial charge < -0.3 is 0 Å². The van der Waals surface area contributed by atoms with E-state index in [9.17, 15) is 0 Å². The molecule has 0 N–H and O–H groups in total. The first-order valence-electron chi connectivity index (χ1n) is 13.0. The maximum absolute atomic E-state index is 2.71. The van der Waals surface area contributed by atoms with Gasteiger partial charge in [-0.05, 0) is 91.3 Å². The number of hydrogen-bond acceptors (Lipinski definition) is 0. The van der Waals surface area contributed by atoms with Gasteiger partial charge in [0.1, 0.15) is 0 Å². The van der Waals surface area contributed by atoms with Crippen LogP contribution >= 0.6 is 0 Å². The minimum atomic E-state index is 0.548. The topological polar surface area (TPSA) is 0 Å². The maximum atomic E-state index is 2.71. The summed E-state index contributed by atoms with van der Waals surface area (Å²) in [6, 6.07) is 0. The molecule has 0 spiro atoms. The lowest BCUT2D eigenvalue weighted by atomic mass is 9.47. The molecule has 0 aromatic rings. The quantitative estimate of drug-likeness (QED) is 0.415. The molecule has 1 unspecified atom stereocenters. The highest BCUT2D eigenvalue weighted by Crippen LogP contribution is 2.66. The van der Waals surface area contributed by atoms with Gasteiger partial charge in [-0.2, -0.15) is 0 Å². The van der Waals surface area contributed by atoms with Crippen molar-refractivity contribution in [2.75, 3.05) is 0 Å². The van der Waals surface area contributed by atoms with E-state index < -0.39 is 0 Å². The van der Waals surface area contributed by atoms with Gasteiger partial charge >= 0.3 is 0 Å². The van der Waals surface area contributed by atoms with Crippen molar-refractivity contribution in [2.45, 2.75) is 119 Å². The minimum absolute atomic E-state index is 0.548. The number of fused-ring (bicyclic) bond motifs is 4. The Labute approximate surface area is 176 Å². The minimum Gasteiger partial charge on any atom is -0.0668 e. The Morgan fingerprint density at radius 2 is 1.71 bits per heavy atom. The van der Waals surface area contributed by atoms with Gasteiger partial charge in [-0.25, -0.2) is 0 Å². The highest BCUT2D eigenvalue weighted by atomic mass is 14.6. The molecule has 0 aliphatic heterocycles. The summed E-state index contributed by atoms with van der Waals surface area (Å²) in [4.78, 5) is 0. The first kappa shape index (κ1) is 21.0. The fourth-order valence-electron chi connectivity index (χ4n) is 9.03. The molecule has 0 bridgehead atoms. The molecule has 0 heterocycles. The molecule has 4 rings (SSSR count). The van der Waals surface area contributed by atoms with Gasteiger partial charge in [-0.1, -0.05) is 84.8 Å². The third kappa shape index (κ3) is 3.33. The molecule has 0 amide bonds. The molecule has 0 aromatic carbocycles. The fourth-order valence-corrected chi connectivity index (χ4v) is 9.03. The fraction of sp³-hybridized carbons (Fsp3) is 0.929. The van der Waals surface area contributed by atoms with Crippen molar-refractivity contribution < 1.29 is 0 Å². The normalized spacial score (nSPS) is 44.2. The third-order valence-electron chi connectivity index (χ3n) is 10.5. The van der Waals surface area contributed by atoms with Crippen molar-refractivity contribution >= 4 is 0 Å². The zero-order valence-corrected chi connectivity index (χ0v) is 19.9. The van der Waals surface area contributed by atoms with Gasteiger partial charge in [-0.3, -0.25) is 0 Å². The number of rotatable bonds is 5. The summed E-state index contributed by atoms with van der Waals surface area (Å²) in [6.45, 7) is 15.3. The average molecular weight is 385 g/mol. The smallest absolute Gasteiger partial charge is 0.00825 e. The van der Waals surface area contributed by atoms with E-state index in [2.05, 4.69) is 41.5 Å². The zero-order chi connectivity index (χ0) is 20.1. The van der Waals surface area contributed by atoms with E-state index in [-0.39, 0.29) is 0 Å². The highest BCUT2D eigenvalue weighted by Gasteiger charge is 2.55. The molecule has 0 heteroatoms. The molecular formula is C28H48. The number of allylic oxidation sites excluding steroid dienone is 2. The van der Waals surface area contributed by atoms with Crippen LogP contribution in [-0.4, -0.2) is 0 Å². The predicted molar refractivity (Wildman–Crippen MR) is 122 cm³/mol. The Balaban J connectivity index is 1.55. The van der Waals surface area contributed by atoms with Crippen molar-refractivity contribution in [2.24, 2.45) is 46.3 Å². The SMILES string of the molecule is CC(C)CCC[C@@H](C)[C@H]1CCC2=C3CCC4[C@H](C)CCC[C@]4(C)[C@H]3CC[C@@]21C. The zero-order valence-electron chi connectivity index (χ0n) is 19.9. The molecule has 3 saturated carbocycles. The maximum Gasteiger partial charge on any atom is -0.00825 e. The summed E-state index contributed by atoms with van der Waals surface area (Å²) in [5.74, 6) is 5.65. The molecule has 3 fully saturated rings. The van der Waals surface area contributed by atoms with E-state index in [4.69, 9.17) is 0 Å². The van der Waals surface area contributed by atoms with Crippen LogP contribution in [0, 0.1) is 46.3 Å². The van der Waals surface area contributed by atoms with Gasteiger partial charge in [0.05, 0.1) is 0 Å². The molecule has 0 nitrogen and oxygen atoms in total. The first-order chi connectivity index (χ1) is 13.3. The Kier molecular flexibility index (Phi) is 5.83. The lowest BCUT2D eigenvalue weighted by Crippen LogP contribution is -2.48. The van der Waals surface area contributed by atoms with Gasteiger partial charge in [-0.15, -0.1) is 0 Å². The van der Waals surface area contributed by atoms with Crippen LogP contribution in [0.1, 0.15) is 119 Å². The Hall–Kier alpha value is -0.260.